The van der Waals surface area contributed by atoms with E-state index in [2.05, 4.69) is 12.2 Å². The van der Waals surface area contributed by atoms with Crippen LogP contribution in [-0.4, -0.2) is 24.8 Å². The number of hydrogen-bond acceptors (Lipinski definition) is 2. The molecule has 0 amide bonds. The summed E-state index contributed by atoms with van der Waals surface area (Å²) in [5, 5.41) is 3.69. The van der Waals surface area contributed by atoms with Crippen LogP contribution in [0.3, 0.4) is 0 Å². The summed E-state index contributed by atoms with van der Waals surface area (Å²) < 4.78 is 6.21. The third kappa shape index (κ3) is 3.95. The number of nitrogens with one attached hydrogen (secondary N) is 1. The lowest BCUT2D eigenvalue weighted by Gasteiger charge is -2.44. The van der Waals surface area contributed by atoms with Crippen LogP contribution < -0.4 is 5.32 Å². The molecule has 1 spiro atoms. The van der Waals surface area contributed by atoms with E-state index in [1.54, 1.807) is 0 Å². The van der Waals surface area contributed by atoms with Crippen molar-refractivity contribution < 1.29 is 4.74 Å². The smallest absolute Gasteiger partial charge is 0.0685 e. The van der Waals surface area contributed by atoms with Gasteiger partial charge >= 0.3 is 0 Å². The zero-order chi connectivity index (χ0) is 13.1. The van der Waals surface area contributed by atoms with Gasteiger partial charge in [0.25, 0.3) is 0 Å². The molecule has 0 radical (unpaired) electrons. The van der Waals surface area contributed by atoms with Crippen LogP contribution in [0.5, 0.6) is 0 Å². The van der Waals surface area contributed by atoms with Crippen LogP contribution >= 0.6 is 0 Å². The van der Waals surface area contributed by atoms with Crippen LogP contribution in [0.2, 0.25) is 0 Å². The molecule has 3 fully saturated rings. The standard InChI is InChI=1S/C17H31NO/c1-14(13-18-16-5-6-16)11-15-7-10-19-17(12-15)8-3-2-4-9-17/h14-16,18H,2-13H2,1H3. The Bertz CT molecular complexity index is 275. The summed E-state index contributed by atoms with van der Waals surface area (Å²) in [5.41, 5.74) is 0.296. The fourth-order valence-corrected chi connectivity index (χ4v) is 4.18. The first-order valence-corrected chi connectivity index (χ1v) is 8.63. The van der Waals surface area contributed by atoms with Gasteiger partial charge in [0.2, 0.25) is 0 Å². The molecule has 3 aliphatic rings. The third-order valence-corrected chi connectivity index (χ3v) is 5.43. The molecule has 2 atom stereocenters. The Hall–Kier alpha value is -0.0800. The summed E-state index contributed by atoms with van der Waals surface area (Å²) in [6, 6.07) is 0.863. The van der Waals surface area contributed by atoms with Crippen molar-refractivity contribution in [3.05, 3.63) is 0 Å². The lowest BCUT2D eigenvalue weighted by molar-refractivity contribution is -0.119. The van der Waals surface area contributed by atoms with Gasteiger partial charge in [-0.1, -0.05) is 26.2 Å². The van der Waals surface area contributed by atoms with Crippen LogP contribution in [-0.2, 0) is 4.74 Å². The van der Waals surface area contributed by atoms with E-state index in [1.807, 2.05) is 0 Å². The number of rotatable bonds is 5. The minimum absolute atomic E-state index is 0.296. The van der Waals surface area contributed by atoms with Crippen molar-refractivity contribution in [2.45, 2.75) is 82.8 Å². The van der Waals surface area contributed by atoms with E-state index in [9.17, 15) is 0 Å². The Labute approximate surface area is 118 Å². The van der Waals surface area contributed by atoms with Crippen LogP contribution in [0.15, 0.2) is 0 Å². The summed E-state index contributed by atoms with van der Waals surface area (Å²) in [5.74, 6) is 1.76. The van der Waals surface area contributed by atoms with Crippen LogP contribution in [0.1, 0.15) is 71.1 Å². The van der Waals surface area contributed by atoms with Gasteiger partial charge < -0.3 is 10.1 Å². The van der Waals surface area contributed by atoms with Gasteiger partial charge in [0.15, 0.2) is 0 Å². The molecular weight excluding hydrogens is 234 g/mol. The fraction of sp³-hybridized carbons (Fsp3) is 1.00. The second-order valence-electron chi connectivity index (χ2n) is 7.47. The van der Waals surface area contributed by atoms with Gasteiger partial charge in [-0.15, -0.1) is 0 Å². The van der Waals surface area contributed by atoms with Gasteiger partial charge in [-0.2, -0.15) is 0 Å². The van der Waals surface area contributed by atoms with E-state index in [1.165, 1.54) is 70.8 Å². The zero-order valence-corrected chi connectivity index (χ0v) is 12.6. The van der Waals surface area contributed by atoms with Crippen molar-refractivity contribution in [3.63, 3.8) is 0 Å². The third-order valence-electron chi connectivity index (χ3n) is 5.43. The molecule has 1 saturated heterocycles. The van der Waals surface area contributed by atoms with E-state index in [4.69, 9.17) is 4.74 Å². The van der Waals surface area contributed by atoms with Crippen LogP contribution in [0.25, 0.3) is 0 Å². The molecule has 2 nitrogen and oxygen atoms in total. The van der Waals surface area contributed by atoms with Crippen molar-refractivity contribution in [2.24, 2.45) is 11.8 Å². The first-order valence-electron chi connectivity index (χ1n) is 8.63. The fourth-order valence-electron chi connectivity index (χ4n) is 4.18. The summed E-state index contributed by atoms with van der Waals surface area (Å²) >= 11 is 0. The number of hydrogen-bond donors (Lipinski definition) is 1. The lowest BCUT2D eigenvalue weighted by atomic mass is 9.74. The maximum absolute atomic E-state index is 6.21. The first-order chi connectivity index (χ1) is 9.26. The topological polar surface area (TPSA) is 21.3 Å². The van der Waals surface area contributed by atoms with Gasteiger partial charge in [-0.3, -0.25) is 0 Å². The van der Waals surface area contributed by atoms with Crippen molar-refractivity contribution in [2.75, 3.05) is 13.2 Å². The molecule has 2 aliphatic carbocycles. The highest BCUT2D eigenvalue weighted by molar-refractivity contribution is 4.90. The molecule has 0 aromatic carbocycles. The molecule has 0 aromatic rings. The second-order valence-corrected chi connectivity index (χ2v) is 7.47. The number of ether oxygens (including phenoxy) is 1. The van der Waals surface area contributed by atoms with Gasteiger partial charge in [-0.25, -0.2) is 0 Å². The second kappa shape index (κ2) is 6.13. The highest BCUT2D eigenvalue weighted by Crippen LogP contribution is 2.42. The molecular formula is C17H31NO. The Kier molecular flexibility index (Phi) is 4.48. The summed E-state index contributed by atoms with van der Waals surface area (Å²) in [7, 11) is 0. The van der Waals surface area contributed by atoms with E-state index >= 15 is 0 Å². The van der Waals surface area contributed by atoms with Crippen molar-refractivity contribution >= 4 is 0 Å². The summed E-state index contributed by atoms with van der Waals surface area (Å²) in [6.07, 6.45) is 13.8. The zero-order valence-electron chi connectivity index (χ0n) is 12.6. The van der Waals surface area contributed by atoms with Gasteiger partial charge in [0.05, 0.1) is 5.60 Å². The Morgan fingerprint density at radius 1 is 1.16 bits per heavy atom. The van der Waals surface area contributed by atoms with Crippen molar-refractivity contribution in [3.8, 4) is 0 Å². The highest BCUT2D eigenvalue weighted by atomic mass is 16.5. The molecule has 3 rings (SSSR count). The molecule has 19 heavy (non-hydrogen) atoms. The minimum atomic E-state index is 0.296. The molecule has 110 valence electrons. The van der Waals surface area contributed by atoms with Crippen molar-refractivity contribution in [1.29, 1.82) is 0 Å². The quantitative estimate of drug-likeness (QED) is 0.814. The van der Waals surface area contributed by atoms with Gasteiger partial charge in [0.1, 0.15) is 0 Å². The summed E-state index contributed by atoms with van der Waals surface area (Å²) in [6.45, 7) is 4.68. The van der Waals surface area contributed by atoms with Gasteiger partial charge in [0, 0.05) is 12.6 Å². The largest absolute Gasteiger partial charge is 0.375 e. The molecule has 2 saturated carbocycles. The predicted molar refractivity (Wildman–Crippen MR) is 79.3 cm³/mol. The van der Waals surface area contributed by atoms with E-state index in [0.29, 0.717) is 5.60 Å². The van der Waals surface area contributed by atoms with Gasteiger partial charge in [-0.05, 0) is 63.3 Å². The van der Waals surface area contributed by atoms with Crippen molar-refractivity contribution in [1.82, 2.24) is 5.32 Å². The van der Waals surface area contributed by atoms with Crippen LogP contribution in [0, 0.1) is 11.8 Å². The Balaban J connectivity index is 1.44. The summed E-state index contributed by atoms with van der Waals surface area (Å²) in [4.78, 5) is 0. The molecule has 1 N–H and O–H groups in total. The maximum Gasteiger partial charge on any atom is 0.0685 e. The molecule has 1 aliphatic heterocycles. The monoisotopic (exact) mass is 265 g/mol. The van der Waals surface area contributed by atoms with Crippen LogP contribution in [0.4, 0.5) is 0 Å². The normalized spacial score (nSPS) is 32.4. The van der Waals surface area contributed by atoms with E-state index in [0.717, 1.165) is 24.5 Å². The Morgan fingerprint density at radius 3 is 2.68 bits per heavy atom. The highest BCUT2D eigenvalue weighted by Gasteiger charge is 2.38. The van der Waals surface area contributed by atoms with E-state index < -0.39 is 0 Å². The minimum Gasteiger partial charge on any atom is -0.375 e. The van der Waals surface area contributed by atoms with E-state index in [-0.39, 0.29) is 0 Å². The molecule has 0 bridgehead atoms. The average molecular weight is 265 g/mol. The lowest BCUT2D eigenvalue weighted by Crippen LogP contribution is -2.42. The SMILES string of the molecule is CC(CNC1CC1)CC1CCOC2(CCCCC2)C1. The molecule has 0 aromatic heterocycles. The first kappa shape index (κ1) is 13.9. The molecule has 2 unspecified atom stereocenters. The maximum atomic E-state index is 6.21. The molecule has 2 heteroatoms. The molecule has 1 heterocycles. The predicted octanol–water partition coefficient (Wildman–Crippen LogP) is 3.89. The average Bonchev–Trinajstić information content (AvgIpc) is 3.21. The Morgan fingerprint density at radius 2 is 1.95 bits per heavy atom.